The zero-order chi connectivity index (χ0) is 20.6. The largest absolute Gasteiger partial charge is 0.463 e. The van der Waals surface area contributed by atoms with E-state index in [1.54, 1.807) is 43.6 Å². The standard InChI is InChI=1S/C22H20FN3O3/c1-3-28-15(2)29-20-10-8-17(22-24-12-13-25-22)14-19(20)26-21(27)11-9-16-6-4-5-7-18(16)23/h4-8,10,12-15H,3H2,1-2H3,(H,24,25)(H,26,27). The summed E-state index contributed by atoms with van der Waals surface area (Å²) in [5.41, 5.74) is 1.30. The van der Waals surface area contributed by atoms with Crippen LogP contribution >= 0.6 is 0 Å². The minimum Gasteiger partial charge on any atom is -0.463 e. The second kappa shape index (κ2) is 9.53. The summed E-state index contributed by atoms with van der Waals surface area (Å²) in [5.74, 6) is 4.91. The lowest BCUT2D eigenvalue weighted by molar-refractivity contribution is -0.111. The van der Waals surface area contributed by atoms with Crippen LogP contribution < -0.4 is 10.1 Å². The Hall–Kier alpha value is -3.63. The number of aromatic amines is 1. The minimum absolute atomic E-state index is 0.147. The summed E-state index contributed by atoms with van der Waals surface area (Å²) in [5, 5.41) is 2.69. The third-order valence-electron chi connectivity index (χ3n) is 3.88. The molecular formula is C22H20FN3O3. The van der Waals surface area contributed by atoms with Gasteiger partial charge in [-0.25, -0.2) is 9.37 Å². The topological polar surface area (TPSA) is 76.2 Å². The third-order valence-corrected chi connectivity index (χ3v) is 3.88. The van der Waals surface area contributed by atoms with Gasteiger partial charge >= 0.3 is 5.91 Å². The second-order valence-electron chi connectivity index (χ2n) is 5.97. The summed E-state index contributed by atoms with van der Waals surface area (Å²) in [7, 11) is 0. The molecule has 0 saturated heterocycles. The SMILES string of the molecule is CCOC(C)Oc1ccc(-c2ncc[nH]2)cc1NC(=O)C#Cc1ccccc1F. The Morgan fingerprint density at radius 3 is 2.86 bits per heavy atom. The number of aromatic nitrogens is 2. The number of ether oxygens (including phenoxy) is 2. The van der Waals surface area contributed by atoms with Crippen molar-refractivity contribution in [3.05, 3.63) is 66.2 Å². The van der Waals surface area contributed by atoms with E-state index in [1.807, 2.05) is 13.0 Å². The fourth-order valence-corrected chi connectivity index (χ4v) is 2.59. The van der Waals surface area contributed by atoms with Crippen LogP contribution in [0, 0.1) is 17.7 Å². The molecule has 0 spiro atoms. The van der Waals surface area contributed by atoms with Crippen LogP contribution in [-0.2, 0) is 9.53 Å². The molecule has 0 fully saturated rings. The molecule has 0 saturated carbocycles. The molecule has 0 bridgehead atoms. The predicted octanol–water partition coefficient (Wildman–Crippen LogP) is 3.97. The van der Waals surface area contributed by atoms with Crippen molar-refractivity contribution in [3.63, 3.8) is 0 Å². The number of nitrogens with one attached hydrogen (secondary N) is 2. The van der Waals surface area contributed by atoms with Crippen molar-refractivity contribution in [3.8, 4) is 29.0 Å². The van der Waals surface area contributed by atoms with Crippen molar-refractivity contribution in [1.29, 1.82) is 0 Å². The van der Waals surface area contributed by atoms with E-state index in [1.165, 1.54) is 12.1 Å². The Bertz CT molecular complexity index is 1040. The van der Waals surface area contributed by atoms with Gasteiger partial charge in [0.25, 0.3) is 0 Å². The van der Waals surface area contributed by atoms with Gasteiger partial charge in [0.05, 0.1) is 11.3 Å². The third kappa shape index (κ3) is 5.43. The highest BCUT2D eigenvalue weighted by molar-refractivity contribution is 6.05. The molecule has 148 valence electrons. The van der Waals surface area contributed by atoms with Crippen molar-refractivity contribution >= 4 is 11.6 Å². The Morgan fingerprint density at radius 1 is 1.31 bits per heavy atom. The van der Waals surface area contributed by atoms with E-state index in [9.17, 15) is 9.18 Å². The fraction of sp³-hybridized carbons (Fsp3) is 0.182. The average molecular weight is 393 g/mol. The Morgan fingerprint density at radius 2 is 2.14 bits per heavy atom. The highest BCUT2D eigenvalue weighted by Crippen LogP contribution is 2.30. The number of halogens is 1. The van der Waals surface area contributed by atoms with E-state index >= 15 is 0 Å². The van der Waals surface area contributed by atoms with Crippen LogP contribution in [0.4, 0.5) is 10.1 Å². The Kier molecular flexibility index (Phi) is 6.61. The molecule has 3 aromatic rings. The first-order chi connectivity index (χ1) is 14.1. The van der Waals surface area contributed by atoms with Crippen LogP contribution in [0.25, 0.3) is 11.4 Å². The van der Waals surface area contributed by atoms with Crippen molar-refractivity contribution < 1.29 is 18.7 Å². The summed E-state index contributed by atoms with van der Waals surface area (Å²) in [6.07, 6.45) is 2.83. The molecule has 0 radical (unpaired) electrons. The fourth-order valence-electron chi connectivity index (χ4n) is 2.59. The number of anilines is 1. The summed E-state index contributed by atoms with van der Waals surface area (Å²) in [4.78, 5) is 19.6. The van der Waals surface area contributed by atoms with Crippen LogP contribution in [0.1, 0.15) is 19.4 Å². The number of carbonyl (C=O) groups excluding carboxylic acids is 1. The number of H-pyrrole nitrogens is 1. The molecule has 1 unspecified atom stereocenters. The molecule has 0 aliphatic heterocycles. The number of hydrogen-bond donors (Lipinski definition) is 2. The highest BCUT2D eigenvalue weighted by atomic mass is 19.1. The molecule has 2 aromatic carbocycles. The molecule has 1 aromatic heterocycles. The van der Waals surface area contributed by atoms with E-state index in [4.69, 9.17) is 9.47 Å². The van der Waals surface area contributed by atoms with Crippen molar-refractivity contribution in [1.82, 2.24) is 9.97 Å². The van der Waals surface area contributed by atoms with Gasteiger partial charge in [0.1, 0.15) is 17.4 Å². The molecule has 0 aliphatic rings. The van der Waals surface area contributed by atoms with Crippen LogP contribution in [0.2, 0.25) is 0 Å². The van der Waals surface area contributed by atoms with Gasteiger partial charge in [0.2, 0.25) is 0 Å². The number of nitrogens with zero attached hydrogens (tertiary/aromatic N) is 1. The number of imidazole rings is 1. The van der Waals surface area contributed by atoms with E-state index < -0.39 is 18.0 Å². The number of carbonyl (C=O) groups is 1. The summed E-state index contributed by atoms with van der Waals surface area (Å²) >= 11 is 0. The lowest BCUT2D eigenvalue weighted by Crippen LogP contribution is -2.18. The molecule has 1 amide bonds. The Balaban J connectivity index is 1.85. The van der Waals surface area contributed by atoms with Crippen molar-refractivity contribution in [2.45, 2.75) is 20.1 Å². The number of rotatable bonds is 6. The summed E-state index contributed by atoms with van der Waals surface area (Å²) in [6.45, 7) is 4.11. The maximum absolute atomic E-state index is 13.7. The van der Waals surface area contributed by atoms with Crippen molar-refractivity contribution in [2.75, 3.05) is 11.9 Å². The number of amides is 1. The van der Waals surface area contributed by atoms with Crippen LogP contribution in [0.15, 0.2) is 54.9 Å². The monoisotopic (exact) mass is 393 g/mol. The lowest BCUT2D eigenvalue weighted by atomic mass is 10.1. The van der Waals surface area contributed by atoms with E-state index in [0.29, 0.717) is 23.9 Å². The number of benzene rings is 2. The van der Waals surface area contributed by atoms with Gasteiger partial charge in [-0.15, -0.1) is 0 Å². The quantitative estimate of drug-likeness (QED) is 0.491. The molecule has 6 nitrogen and oxygen atoms in total. The zero-order valence-electron chi connectivity index (χ0n) is 16.0. The second-order valence-corrected chi connectivity index (χ2v) is 5.97. The lowest BCUT2D eigenvalue weighted by Gasteiger charge is -2.17. The first kappa shape index (κ1) is 20.1. The maximum atomic E-state index is 13.7. The molecular weight excluding hydrogens is 373 g/mol. The van der Waals surface area contributed by atoms with Gasteiger partial charge in [0.15, 0.2) is 6.29 Å². The summed E-state index contributed by atoms with van der Waals surface area (Å²) < 4.78 is 24.8. The minimum atomic E-state index is -0.598. The first-order valence-corrected chi connectivity index (χ1v) is 9.06. The smallest absolute Gasteiger partial charge is 0.300 e. The van der Waals surface area contributed by atoms with Gasteiger partial charge in [-0.3, -0.25) is 4.79 Å². The molecule has 1 heterocycles. The molecule has 1 atom stereocenters. The summed E-state index contributed by atoms with van der Waals surface area (Å²) in [6, 6.07) is 11.3. The Labute approximate surface area is 168 Å². The number of hydrogen-bond acceptors (Lipinski definition) is 4. The van der Waals surface area contributed by atoms with Gasteiger partial charge in [-0.05, 0) is 44.2 Å². The van der Waals surface area contributed by atoms with Gasteiger partial charge in [-0.1, -0.05) is 18.1 Å². The van der Waals surface area contributed by atoms with Gasteiger partial charge in [-0.2, -0.15) is 0 Å². The predicted molar refractivity (Wildman–Crippen MR) is 108 cm³/mol. The van der Waals surface area contributed by atoms with Crippen LogP contribution in [0.5, 0.6) is 5.75 Å². The average Bonchev–Trinajstić information content (AvgIpc) is 3.24. The molecule has 0 aliphatic carbocycles. The van der Waals surface area contributed by atoms with Crippen LogP contribution in [-0.4, -0.2) is 28.8 Å². The maximum Gasteiger partial charge on any atom is 0.300 e. The van der Waals surface area contributed by atoms with Crippen molar-refractivity contribution in [2.24, 2.45) is 0 Å². The van der Waals surface area contributed by atoms with E-state index in [0.717, 1.165) is 5.56 Å². The molecule has 29 heavy (non-hydrogen) atoms. The van der Waals surface area contributed by atoms with E-state index in [2.05, 4.69) is 27.1 Å². The molecule has 7 heteroatoms. The van der Waals surface area contributed by atoms with Crippen LogP contribution in [0.3, 0.4) is 0 Å². The molecule has 2 N–H and O–H groups in total. The molecule has 3 rings (SSSR count). The zero-order valence-corrected chi connectivity index (χ0v) is 16.0. The van der Waals surface area contributed by atoms with Gasteiger partial charge < -0.3 is 19.8 Å². The van der Waals surface area contributed by atoms with Gasteiger partial charge in [0, 0.05) is 30.5 Å². The first-order valence-electron chi connectivity index (χ1n) is 9.06. The highest BCUT2D eigenvalue weighted by Gasteiger charge is 2.13. The normalized spacial score (nSPS) is 11.3. The van der Waals surface area contributed by atoms with E-state index in [-0.39, 0.29) is 5.56 Å².